The Balaban J connectivity index is 2.86. The standard InChI is InChI=1S/C15H12N4O2S/c1-20-11-4-3-8(5-12(11)21-2)13-9(6-16)14(18)19-15(22)10(13)7-17/h3-5H,1-2H3,(H3,18,19,22)/p+1. The number of hydrogen-bond donors (Lipinski definition) is 2. The minimum atomic E-state index is 0.228. The molecule has 0 fully saturated rings. The van der Waals surface area contributed by atoms with Crippen molar-refractivity contribution in [2.24, 2.45) is 0 Å². The zero-order valence-electron chi connectivity index (χ0n) is 12.1. The van der Waals surface area contributed by atoms with Gasteiger partial charge in [0, 0.05) is 5.56 Å². The maximum atomic E-state index is 9.39. The summed E-state index contributed by atoms with van der Waals surface area (Å²) in [6, 6.07) is 9.26. The van der Waals surface area contributed by atoms with Crippen LogP contribution in [0, 0.1) is 27.3 Å². The van der Waals surface area contributed by atoms with Gasteiger partial charge in [-0.1, -0.05) is 18.3 Å². The maximum Gasteiger partial charge on any atom is 0.220 e. The summed E-state index contributed by atoms with van der Waals surface area (Å²) in [7, 11) is 3.05. The van der Waals surface area contributed by atoms with Gasteiger partial charge in [0.1, 0.15) is 22.3 Å². The minimum absolute atomic E-state index is 0.228. The normalized spacial score (nSPS) is 9.68. The van der Waals surface area contributed by atoms with E-state index in [2.05, 4.69) is 16.8 Å². The van der Waals surface area contributed by atoms with Crippen LogP contribution in [0.25, 0.3) is 11.1 Å². The molecule has 1 aromatic heterocycles. The van der Waals surface area contributed by atoms with E-state index in [1.807, 2.05) is 6.07 Å². The first kappa shape index (κ1) is 15.5. The lowest BCUT2D eigenvalue weighted by molar-refractivity contribution is -0.261. The highest BCUT2D eigenvalue weighted by atomic mass is 32.1. The van der Waals surface area contributed by atoms with E-state index in [1.54, 1.807) is 18.2 Å². The van der Waals surface area contributed by atoms with Crippen molar-refractivity contribution in [2.75, 3.05) is 14.2 Å². The molecule has 6 nitrogen and oxygen atoms in total. The van der Waals surface area contributed by atoms with Crippen molar-refractivity contribution in [2.45, 2.75) is 0 Å². The van der Waals surface area contributed by atoms with Gasteiger partial charge in [0.15, 0.2) is 11.5 Å². The highest BCUT2D eigenvalue weighted by Crippen LogP contribution is 2.36. The number of nitrogens with zero attached hydrogens (tertiary/aromatic N) is 2. The van der Waals surface area contributed by atoms with Crippen LogP contribution in [0.15, 0.2) is 18.2 Å². The second-order valence-corrected chi connectivity index (χ2v) is 4.76. The second-order valence-electron chi connectivity index (χ2n) is 4.35. The second kappa shape index (κ2) is 6.27. The molecular formula is C15H13N4O2S+. The van der Waals surface area contributed by atoms with Crippen LogP contribution in [0.5, 0.6) is 11.5 Å². The van der Waals surface area contributed by atoms with E-state index in [0.29, 0.717) is 28.4 Å². The monoisotopic (exact) mass is 313 g/mol. The third-order valence-electron chi connectivity index (χ3n) is 3.19. The number of hydrogen-bond acceptors (Lipinski definition) is 5. The summed E-state index contributed by atoms with van der Waals surface area (Å²) >= 11 is 5.16. The average Bonchev–Trinajstić information content (AvgIpc) is 2.53. The summed E-state index contributed by atoms with van der Waals surface area (Å²) in [5.74, 6) is 1.42. The largest absolute Gasteiger partial charge is 0.493 e. The Morgan fingerprint density at radius 1 is 1.09 bits per heavy atom. The smallest absolute Gasteiger partial charge is 0.220 e. The summed E-state index contributed by atoms with van der Waals surface area (Å²) in [6.45, 7) is 0. The number of rotatable bonds is 3. The van der Waals surface area contributed by atoms with E-state index in [0.717, 1.165) is 0 Å². The Labute approximate surface area is 132 Å². The highest BCUT2D eigenvalue weighted by molar-refractivity contribution is 7.71. The van der Waals surface area contributed by atoms with Crippen LogP contribution >= 0.6 is 12.2 Å². The molecular weight excluding hydrogens is 300 g/mol. The Morgan fingerprint density at radius 2 is 1.73 bits per heavy atom. The molecule has 22 heavy (non-hydrogen) atoms. The highest BCUT2D eigenvalue weighted by Gasteiger charge is 2.19. The molecule has 0 saturated carbocycles. The molecule has 110 valence electrons. The molecule has 0 atom stereocenters. The quantitative estimate of drug-likeness (QED) is 0.843. The lowest BCUT2D eigenvalue weighted by Gasteiger charge is -2.12. The number of benzene rings is 1. The van der Waals surface area contributed by atoms with Gasteiger partial charge in [-0.25, -0.2) is 0 Å². The fourth-order valence-electron chi connectivity index (χ4n) is 2.16. The molecule has 0 bridgehead atoms. The van der Waals surface area contributed by atoms with Crippen molar-refractivity contribution < 1.29 is 15.2 Å². The lowest BCUT2D eigenvalue weighted by Crippen LogP contribution is -2.42. The Bertz CT molecular complexity index is 875. The average molecular weight is 313 g/mol. The summed E-state index contributed by atoms with van der Waals surface area (Å²) < 4.78 is 10.7. The maximum absolute atomic E-state index is 9.39. The molecule has 0 spiro atoms. The van der Waals surface area contributed by atoms with Gasteiger partial charge in [0.25, 0.3) is 0 Å². The van der Waals surface area contributed by atoms with Crippen LogP contribution in [0.2, 0.25) is 0 Å². The molecule has 0 radical (unpaired) electrons. The molecule has 0 amide bonds. The minimum Gasteiger partial charge on any atom is -0.493 e. The van der Waals surface area contributed by atoms with E-state index in [-0.39, 0.29) is 15.8 Å². The first-order chi connectivity index (χ1) is 10.6. The van der Waals surface area contributed by atoms with E-state index in [1.165, 1.54) is 14.2 Å². The van der Waals surface area contributed by atoms with Gasteiger partial charge < -0.3 is 15.2 Å². The Hall–Kier alpha value is -2.87. The number of aromatic amines is 1. The van der Waals surface area contributed by atoms with Gasteiger partial charge in [-0.2, -0.15) is 10.5 Å². The summed E-state index contributed by atoms with van der Waals surface area (Å²) in [5, 5.41) is 18.8. The van der Waals surface area contributed by atoms with Crippen molar-refractivity contribution in [3.8, 4) is 34.8 Å². The number of pyridine rings is 1. The molecule has 2 rings (SSSR count). The molecule has 2 aromatic rings. The number of ether oxygens (including phenoxy) is 2. The molecule has 0 aliphatic heterocycles. The third kappa shape index (κ3) is 2.51. The van der Waals surface area contributed by atoms with Gasteiger partial charge in [-0.05, 0) is 17.7 Å². The summed E-state index contributed by atoms with van der Waals surface area (Å²) in [6.07, 6.45) is 0. The third-order valence-corrected chi connectivity index (χ3v) is 3.50. The fourth-order valence-corrected chi connectivity index (χ4v) is 2.43. The van der Waals surface area contributed by atoms with Crippen molar-refractivity contribution in [1.29, 1.82) is 10.5 Å². The van der Waals surface area contributed by atoms with Crippen LogP contribution in [-0.4, -0.2) is 19.2 Å². The van der Waals surface area contributed by atoms with Crippen molar-refractivity contribution in [3.05, 3.63) is 34.0 Å². The first-order valence-corrected chi connectivity index (χ1v) is 6.63. The van der Waals surface area contributed by atoms with Crippen LogP contribution in [-0.2, 0) is 0 Å². The number of methoxy groups -OCH3 is 2. The number of quaternary nitrogens is 1. The zero-order chi connectivity index (χ0) is 16.3. The predicted molar refractivity (Wildman–Crippen MR) is 82.1 cm³/mol. The number of nitrogens with one attached hydrogen (secondary N) is 1. The Morgan fingerprint density at radius 3 is 2.27 bits per heavy atom. The van der Waals surface area contributed by atoms with Gasteiger partial charge in [-0.3, -0.25) is 4.98 Å². The molecule has 1 aromatic carbocycles. The lowest BCUT2D eigenvalue weighted by atomic mass is 9.96. The van der Waals surface area contributed by atoms with E-state index < -0.39 is 0 Å². The van der Waals surface area contributed by atoms with Crippen LogP contribution in [0.3, 0.4) is 0 Å². The molecule has 1 heterocycles. The summed E-state index contributed by atoms with van der Waals surface area (Å²) in [4.78, 5) is 2.77. The number of aromatic nitrogens is 1. The van der Waals surface area contributed by atoms with Crippen molar-refractivity contribution in [3.63, 3.8) is 0 Å². The Kier molecular flexibility index (Phi) is 4.42. The van der Waals surface area contributed by atoms with E-state index >= 15 is 0 Å². The van der Waals surface area contributed by atoms with Crippen molar-refractivity contribution in [1.82, 2.24) is 4.98 Å². The molecule has 0 unspecified atom stereocenters. The number of H-pyrrole nitrogens is 1. The van der Waals surface area contributed by atoms with E-state index in [9.17, 15) is 10.5 Å². The van der Waals surface area contributed by atoms with Crippen LogP contribution in [0.1, 0.15) is 11.1 Å². The molecule has 0 aliphatic rings. The molecule has 0 aliphatic carbocycles. The van der Waals surface area contributed by atoms with Crippen LogP contribution in [0.4, 0.5) is 5.82 Å². The van der Waals surface area contributed by atoms with Gasteiger partial charge in [-0.15, -0.1) is 0 Å². The van der Waals surface area contributed by atoms with Crippen LogP contribution < -0.4 is 15.2 Å². The van der Waals surface area contributed by atoms with Gasteiger partial charge in [0.2, 0.25) is 5.82 Å². The predicted octanol–water partition coefficient (Wildman–Crippen LogP) is 2.05. The fraction of sp³-hybridized carbons (Fsp3) is 0.133. The topological polar surface area (TPSA) is 109 Å². The molecule has 0 saturated heterocycles. The van der Waals surface area contributed by atoms with Crippen molar-refractivity contribution >= 4 is 18.0 Å². The summed E-state index contributed by atoms with van der Waals surface area (Å²) in [5.41, 5.74) is 5.36. The number of nitriles is 2. The van der Waals surface area contributed by atoms with Gasteiger partial charge >= 0.3 is 0 Å². The first-order valence-electron chi connectivity index (χ1n) is 6.22. The van der Waals surface area contributed by atoms with E-state index in [4.69, 9.17) is 21.7 Å². The zero-order valence-corrected chi connectivity index (χ0v) is 12.9. The van der Waals surface area contributed by atoms with Gasteiger partial charge in [0.05, 0.1) is 19.8 Å². The molecule has 4 N–H and O–H groups in total. The molecule has 7 heteroatoms. The SMILES string of the molecule is COc1ccc(-c2c(C#N)c([NH3+])[nH]c(=S)c2C#N)cc1OC.